The normalized spacial score (nSPS) is 17.5. The van der Waals surface area contributed by atoms with E-state index < -0.39 is 10.0 Å². The Hall–Kier alpha value is -1.07. The third kappa shape index (κ3) is 3.46. The lowest BCUT2D eigenvalue weighted by Crippen LogP contribution is -2.17. The average Bonchev–Trinajstić information content (AvgIpc) is 3.03. The second-order valence-corrected chi connectivity index (χ2v) is 6.78. The minimum absolute atomic E-state index is 0.200. The molecule has 2 rings (SSSR count). The molecule has 0 aromatic heterocycles. The van der Waals surface area contributed by atoms with Gasteiger partial charge in [0.1, 0.15) is 0 Å². The first-order chi connectivity index (χ1) is 8.36. The summed E-state index contributed by atoms with van der Waals surface area (Å²) in [6.07, 6.45) is 3.78. The van der Waals surface area contributed by atoms with Crippen molar-refractivity contribution < 1.29 is 8.42 Å². The van der Waals surface area contributed by atoms with Crippen LogP contribution < -0.4 is 10.5 Å². The maximum absolute atomic E-state index is 11.4. The summed E-state index contributed by atoms with van der Waals surface area (Å²) in [6, 6.07) is 5.65. The van der Waals surface area contributed by atoms with Crippen molar-refractivity contribution >= 4 is 15.7 Å². The van der Waals surface area contributed by atoms with Gasteiger partial charge in [0.2, 0.25) is 10.0 Å². The van der Waals surface area contributed by atoms with Gasteiger partial charge in [-0.2, -0.15) is 0 Å². The van der Waals surface area contributed by atoms with Crippen molar-refractivity contribution in [3.8, 4) is 0 Å². The Morgan fingerprint density at radius 1 is 1.44 bits per heavy atom. The number of primary sulfonamides is 1. The molecule has 3 N–H and O–H groups in total. The van der Waals surface area contributed by atoms with Gasteiger partial charge in [0.25, 0.3) is 0 Å². The highest BCUT2D eigenvalue weighted by Gasteiger charge is 2.23. The summed E-state index contributed by atoms with van der Waals surface area (Å²) in [6.45, 7) is 3.87. The molecular formula is C13H20N2O2S. The number of nitrogens with two attached hydrogens (primary N) is 1. The van der Waals surface area contributed by atoms with E-state index in [0.29, 0.717) is 11.6 Å². The Balaban J connectivity index is 2.13. The van der Waals surface area contributed by atoms with Crippen molar-refractivity contribution in [3.63, 3.8) is 0 Å². The molecule has 1 aromatic carbocycles. The lowest BCUT2D eigenvalue weighted by Gasteiger charge is -2.16. The average molecular weight is 268 g/mol. The first-order valence-corrected chi connectivity index (χ1v) is 7.81. The van der Waals surface area contributed by atoms with Crippen LogP contribution in [-0.4, -0.2) is 14.5 Å². The zero-order chi connectivity index (χ0) is 13.3. The Kier molecular flexibility index (Phi) is 3.64. The van der Waals surface area contributed by atoms with E-state index in [1.54, 1.807) is 19.1 Å². The SMILES string of the molecule is Cc1ccc(NC(C)CC2CC2)cc1S(N)(=O)=O. The van der Waals surface area contributed by atoms with Crippen LogP contribution in [0.1, 0.15) is 31.7 Å². The summed E-state index contributed by atoms with van der Waals surface area (Å²) < 4.78 is 22.9. The fourth-order valence-electron chi connectivity index (χ4n) is 2.19. The molecule has 0 aliphatic heterocycles. The number of hydrogen-bond acceptors (Lipinski definition) is 3. The lowest BCUT2D eigenvalue weighted by molar-refractivity contribution is 0.597. The van der Waals surface area contributed by atoms with Crippen molar-refractivity contribution in [2.24, 2.45) is 11.1 Å². The number of hydrogen-bond donors (Lipinski definition) is 2. The second-order valence-electron chi connectivity index (χ2n) is 5.25. The molecule has 1 aliphatic carbocycles. The van der Waals surface area contributed by atoms with Crippen LogP contribution in [-0.2, 0) is 10.0 Å². The molecule has 1 unspecified atom stereocenters. The van der Waals surface area contributed by atoms with Crippen molar-refractivity contribution in [2.45, 2.75) is 44.0 Å². The highest BCUT2D eigenvalue weighted by atomic mass is 32.2. The van der Waals surface area contributed by atoms with Gasteiger partial charge < -0.3 is 5.32 Å². The largest absolute Gasteiger partial charge is 0.383 e. The van der Waals surface area contributed by atoms with Gasteiger partial charge in [-0.05, 0) is 43.9 Å². The van der Waals surface area contributed by atoms with Crippen LogP contribution in [0, 0.1) is 12.8 Å². The summed E-state index contributed by atoms with van der Waals surface area (Å²) in [5.74, 6) is 0.843. The molecule has 4 nitrogen and oxygen atoms in total. The molecule has 18 heavy (non-hydrogen) atoms. The van der Waals surface area contributed by atoms with Gasteiger partial charge in [0.15, 0.2) is 0 Å². The van der Waals surface area contributed by atoms with Gasteiger partial charge in [-0.15, -0.1) is 0 Å². The van der Waals surface area contributed by atoms with E-state index in [1.807, 2.05) is 6.07 Å². The summed E-state index contributed by atoms with van der Waals surface area (Å²) >= 11 is 0. The molecule has 1 aliphatic rings. The molecule has 0 heterocycles. The van der Waals surface area contributed by atoms with Crippen LogP contribution in [0.15, 0.2) is 23.1 Å². The highest BCUT2D eigenvalue weighted by Crippen LogP contribution is 2.34. The van der Waals surface area contributed by atoms with Crippen LogP contribution in [0.5, 0.6) is 0 Å². The van der Waals surface area contributed by atoms with E-state index in [9.17, 15) is 8.42 Å². The van der Waals surface area contributed by atoms with Gasteiger partial charge in [-0.1, -0.05) is 18.9 Å². The molecule has 1 aromatic rings. The molecule has 0 saturated heterocycles. The van der Waals surface area contributed by atoms with E-state index in [-0.39, 0.29) is 4.90 Å². The first kappa shape index (κ1) is 13.4. The standard InChI is InChI=1S/C13H20N2O2S/c1-9-3-6-12(8-13(9)18(14,16)17)15-10(2)7-11-4-5-11/h3,6,8,10-11,15H,4-5,7H2,1-2H3,(H2,14,16,17). The molecule has 100 valence electrons. The zero-order valence-corrected chi connectivity index (χ0v) is 11.6. The number of aryl methyl sites for hydroxylation is 1. The maximum atomic E-state index is 11.4. The number of rotatable bonds is 5. The third-order valence-electron chi connectivity index (χ3n) is 3.29. The first-order valence-electron chi connectivity index (χ1n) is 6.26. The Labute approximate surface area is 109 Å². The van der Waals surface area contributed by atoms with Crippen LogP contribution >= 0.6 is 0 Å². The van der Waals surface area contributed by atoms with Gasteiger partial charge in [-0.25, -0.2) is 13.6 Å². The molecule has 1 fully saturated rings. The number of sulfonamides is 1. The van der Waals surface area contributed by atoms with Crippen LogP contribution in [0.25, 0.3) is 0 Å². The molecule has 0 spiro atoms. The van der Waals surface area contributed by atoms with E-state index in [0.717, 1.165) is 18.0 Å². The molecule has 0 amide bonds. The topological polar surface area (TPSA) is 72.2 Å². The van der Waals surface area contributed by atoms with Gasteiger partial charge in [0, 0.05) is 11.7 Å². The number of benzene rings is 1. The number of nitrogens with one attached hydrogen (secondary N) is 1. The van der Waals surface area contributed by atoms with E-state index in [4.69, 9.17) is 5.14 Å². The monoisotopic (exact) mass is 268 g/mol. The Morgan fingerprint density at radius 3 is 2.67 bits per heavy atom. The van der Waals surface area contributed by atoms with Crippen molar-refractivity contribution in [1.29, 1.82) is 0 Å². The molecule has 5 heteroatoms. The molecule has 0 radical (unpaired) electrons. The number of anilines is 1. The van der Waals surface area contributed by atoms with Crippen molar-refractivity contribution in [3.05, 3.63) is 23.8 Å². The quantitative estimate of drug-likeness (QED) is 0.860. The second kappa shape index (κ2) is 4.90. The molecular weight excluding hydrogens is 248 g/mol. The summed E-state index contributed by atoms with van der Waals surface area (Å²) in [5, 5.41) is 8.53. The molecule has 0 bridgehead atoms. The van der Waals surface area contributed by atoms with Gasteiger partial charge in [-0.3, -0.25) is 0 Å². The molecule has 1 atom stereocenters. The lowest BCUT2D eigenvalue weighted by atomic mass is 10.1. The van der Waals surface area contributed by atoms with Crippen LogP contribution in [0.3, 0.4) is 0 Å². The fraction of sp³-hybridized carbons (Fsp3) is 0.538. The zero-order valence-electron chi connectivity index (χ0n) is 10.8. The predicted octanol–water partition coefficient (Wildman–Crippen LogP) is 2.24. The Morgan fingerprint density at radius 2 is 2.11 bits per heavy atom. The molecule has 1 saturated carbocycles. The van der Waals surface area contributed by atoms with Gasteiger partial charge >= 0.3 is 0 Å². The maximum Gasteiger partial charge on any atom is 0.238 e. The Bertz CT molecular complexity index is 536. The van der Waals surface area contributed by atoms with E-state index >= 15 is 0 Å². The predicted molar refractivity (Wildman–Crippen MR) is 73.0 cm³/mol. The smallest absolute Gasteiger partial charge is 0.238 e. The third-order valence-corrected chi connectivity index (χ3v) is 4.34. The minimum atomic E-state index is -3.64. The van der Waals surface area contributed by atoms with Crippen molar-refractivity contribution in [2.75, 3.05) is 5.32 Å². The highest BCUT2D eigenvalue weighted by molar-refractivity contribution is 7.89. The van der Waals surface area contributed by atoms with E-state index in [2.05, 4.69) is 12.2 Å². The van der Waals surface area contributed by atoms with Crippen LogP contribution in [0.2, 0.25) is 0 Å². The van der Waals surface area contributed by atoms with Crippen molar-refractivity contribution in [1.82, 2.24) is 0 Å². The summed E-state index contributed by atoms with van der Waals surface area (Å²) in [7, 11) is -3.64. The van der Waals surface area contributed by atoms with Gasteiger partial charge in [0.05, 0.1) is 4.90 Å². The minimum Gasteiger partial charge on any atom is -0.383 e. The fourth-order valence-corrected chi connectivity index (χ4v) is 3.00. The summed E-state index contributed by atoms with van der Waals surface area (Å²) in [5.41, 5.74) is 1.50. The van der Waals surface area contributed by atoms with Crippen LogP contribution in [0.4, 0.5) is 5.69 Å². The summed E-state index contributed by atoms with van der Waals surface area (Å²) in [4.78, 5) is 0.200. The van der Waals surface area contributed by atoms with E-state index in [1.165, 1.54) is 12.8 Å².